The summed E-state index contributed by atoms with van der Waals surface area (Å²) < 4.78 is 15.8. The van der Waals surface area contributed by atoms with E-state index in [1.807, 2.05) is 30.3 Å². The Morgan fingerprint density at radius 1 is 0.978 bits per heavy atom. The van der Waals surface area contributed by atoms with Crippen LogP contribution in [-0.2, 0) is 41.7 Å². The highest BCUT2D eigenvalue weighted by atomic mass is 16.6. The Bertz CT molecular complexity index is 1270. The summed E-state index contributed by atoms with van der Waals surface area (Å²) in [6, 6.07) is 5.51. The molecule has 46 heavy (non-hydrogen) atoms. The number of ether oxygens (including phenoxy) is 3. The van der Waals surface area contributed by atoms with Crippen LogP contribution in [0.15, 0.2) is 49.6 Å². The van der Waals surface area contributed by atoms with E-state index in [-0.39, 0.29) is 18.9 Å². The largest absolute Gasteiger partial charge is 0.467 e. The summed E-state index contributed by atoms with van der Waals surface area (Å²) in [5.74, 6) is -2.24. The van der Waals surface area contributed by atoms with Crippen molar-refractivity contribution < 1.29 is 38.2 Å². The molecule has 4 amide bonds. The second-order valence-electron chi connectivity index (χ2n) is 12.7. The number of benzene rings is 1. The molecule has 12 heteroatoms. The zero-order valence-corrected chi connectivity index (χ0v) is 27.4. The third-order valence-corrected chi connectivity index (χ3v) is 7.97. The van der Waals surface area contributed by atoms with Crippen LogP contribution in [0.5, 0.6) is 0 Å². The fraction of sp³-hybridized carbons (Fsp3) is 0.559. The van der Waals surface area contributed by atoms with Gasteiger partial charge in [0, 0.05) is 25.4 Å². The minimum Gasteiger partial charge on any atom is -0.467 e. The van der Waals surface area contributed by atoms with Crippen LogP contribution in [0.2, 0.25) is 0 Å². The van der Waals surface area contributed by atoms with Crippen molar-refractivity contribution >= 4 is 30.0 Å². The molecular weight excluding hydrogens is 592 g/mol. The molecule has 1 aromatic carbocycles. The lowest BCUT2D eigenvalue weighted by Gasteiger charge is -2.26. The zero-order chi connectivity index (χ0) is 33.9. The average Bonchev–Trinajstić information content (AvgIpc) is 3.54. The number of carbonyl (C=O) groups excluding carboxylic acids is 5. The molecule has 1 aliphatic carbocycles. The summed E-state index contributed by atoms with van der Waals surface area (Å²) in [5, 5.41) is 8.08. The van der Waals surface area contributed by atoms with E-state index >= 15 is 0 Å². The first-order valence-corrected chi connectivity index (χ1v) is 15.8. The van der Waals surface area contributed by atoms with Crippen molar-refractivity contribution in [3.05, 3.63) is 60.7 Å². The molecule has 0 bridgehead atoms. The van der Waals surface area contributed by atoms with Gasteiger partial charge in [0.15, 0.2) is 0 Å². The van der Waals surface area contributed by atoms with Crippen molar-refractivity contribution in [2.45, 2.75) is 102 Å². The first kappa shape index (κ1) is 36.1. The Morgan fingerprint density at radius 3 is 2.20 bits per heavy atom. The molecule has 4 atom stereocenters. The number of alkyl carbamates (subject to hydrolysis) is 1. The van der Waals surface area contributed by atoms with Gasteiger partial charge in [-0.2, -0.15) is 0 Å². The number of carbonyl (C=O) groups is 5. The SMILES string of the molecule is C=CCCCCC[C@H](NC(=O)OC(C)(C)C)C(=O)NC(CCOC(=O)N1Cc2ccccc2C1)C(=O)NC1(C(=O)OC)CC1C=C. The number of allylic oxidation sites excluding steroid dienone is 1. The van der Waals surface area contributed by atoms with Crippen LogP contribution < -0.4 is 16.0 Å². The van der Waals surface area contributed by atoms with Crippen LogP contribution in [0.3, 0.4) is 0 Å². The van der Waals surface area contributed by atoms with Gasteiger partial charge in [0.25, 0.3) is 0 Å². The number of rotatable bonds is 16. The molecule has 0 saturated heterocycles. The fourth-order valence-corrected chi connectivity index (χ4v) is 5.38. The summed E-state index contributed by atoms with van der Waals surface area (Å²) in [4.78, 5) is 66.9. The van der Waals surface area contributed by atoms with Crippen molar-refractivity contribution in [1.29, 1.82) is 0 Å². The number of nitrogens with zero attached hydrogens (tertiary/aromatic N) is 1. The van der Waals surface area contributed by atoms with Crippen molar-refractivity contribution in [3.63, 3.8) is 0 Å². The Hall–Kier alpha value is -4.35. The smallest absolute Gasteiger partial charge is 0.410 e. The number of esters is 1. The summed E-state index contributed by atoms with van der Waals surface area (Å²) in [6.45, 7) is 13.2. The van der Waals surface area contributed by atoms with Gasteiger partial charge in [-0.3, -0.25) is 14.5 Å². The molecule has 3 N–H and O–H groups in total. The lowest BCUT2D eigenvalue weighted by molar-refractivity contribution is -0.147. The highest BCUT2D eigenvalue weighted by Gasteiger charge is 2.61. The van der Waals surface area contributed by atoms with Crippen molar-refractivity contribution in [1.82, 2.24) is 20.9 Å². The van der Waals surface area contributed by atoms with Gasteiger partial charge in [-0.15, -0.1) is 13.2 Å². The Labute approximate surface area is 271 Å². The minimum absolute atomic E-state index is 0.0847. The number of unbranched alkanes of at least 4 members (excludes halogenated alkanes) is 3. The number of hydrogen-bond donors (Lipinski definition) is 3. The Kier molecular flexibility index (Phi) is 12.8. The minimum atomic E-state index is -1.30. The van der Waals surface area contributed by atoms with Crippen molar-refractivity contribution in [3.8, 4) is 0 Å². The number of amides is 4. The van der Waals surface area contributed by atoms with Gasteiger partial charge in [-0.05, 0) is 57.6 Å². The van der Waals surface area contributed by atoms with Gasteiger partial charge in [-0.1, -0.05) is 49.3 Å². The highest BCUT2D eigenvalue weighted by molar-refractivity contribution is 5.96. The van der Waals surface area contributed by atoms with Gasteiger partial charge in [-0.25, -0.2) is 14.4 Å². The van der Waals surface area contributed by atoms with E-state index in [2.05, 4.69) is 29.1 Å². The number of fused-ring (bicyclic) bond motifs is 1. The van der Waals surface area contributed by atoms with Crippen LogP contribution in [0.25, 0.3) is 0 Å². The Balaban J connectivity index is 1.72. The van der Waals surface area contributed by atoms with Crippen LogP contribution in [0, 0.1) is 5.92 Å². The standard InChI is InChI=1S/C34H48N4O8/c1-7-9-10-11-12-17-26(36-31(42)46-33(3,4)5)28(39)35-27(29(40)37-34(30(41)44-6)20-25(34)8-2)18-19-45-32(43)38-21-23-15-13-14-16-24(23)22-38/h7-8,13-16,25-27H,1-2,9-12,17-22H2,3-6H3,(H,35,39)(H,36,42)(H,37,40)/t25?,26-,27?,34?/m0/s1. The molecule has 1 aliphatic heterocycles. The van der Waals surface area contributed by atoms with E-state index in [0.29, 0.717) is 32.4 Å². The van der Waals surface area contributed by atoms with Gasteiger partial charge in [0.05, 0.1) is 13.7 Å². The van der Waals surface area contributed by atoms with Gasteiger partial charge >= 0.3 is 18.2 Å². The quantitative estimate of drug-likeness (QED) is 0.105. The molecule has 1 aromatic rings. The molecular formula is C34H48N4O8. The van der Waals surface area contributed by atoms with Gasteiger partial charge < -0.3 is 30.2 Å². The lowest BCUT2D eigenvalue weighted by atomic mass is 10.0. The number of methoxy groups -OCH3 is 1. The monoisotopic (exact) mass is 640 g/mol. The van der Waals surface area contributed by atoms with Crippen LogP contribution in [0.1, 0.15) is 76.8 Å². The fourth-order valence-electron chi connectivity index (χ4n) is 5.38. The molecule has 2 aliphatic rings. The van der Waals surface area contributed by atoms with Crippen LogP contribution >= 0.6 is 0 Å². The van der Waals surface area contributed by atoms with E-state index in [4.69, 9.17) is 14.2 Å². The number of hydrogen-bond acceptors (Lipinski definition) is 8. The topological polar surface area (TPSA) is 152 Å². The van der Waals surface area contributed by atoms with Gasteiger partial charge in [0.1, 0.15) is 23.2 Å². The maximum absolute atomic E-state index is 13.6. The van der Waals surface area contributed by atoms with Crippen molar-refractivity contribution in [2.75, 3.05) is 13.7 Å². The second-order valence-corrected chi connectivity index (χ2v) is 12.7. The third kappa shape index (κ3) is 10.1. The second kappa shape index (κ2) is 16.3. The van der Waals surface area contributed by atoms with E-state index in [0.717, 1.165) is 30.4 Å². The first-order chi connectivity index (χ1) is 21.8. The van der Waals surface area contributed by atoms with E-state index < -0.39 is 53.2 Å². The first-order valence-electron chi connectivity index (χ1n) is 15.8. The summed E-state index contributed by atoms with van der Waals surface area (Å²) >= 11 is 0. The maximum atomic E-state index is 13.6. The maximum Gasteiger partial charge on any atom is 0.410 e. The highest BCUT2D eigenvalue weighted by Crippen LogP contribution is 2.45. The molecule has 0 radical (unpaired) electrons. The molecule has 3 unspecified atom stereocenters. The molecule has 1 heterocycles. The van der Waals surface area contributed by atoms with Crippen molar-refractivity contribution in [2.24, 2.45) is 5.92 Å². The molecule has 1 saturated carbocycles. The summed E-state index contributed by atoms with van der Waals surface area (Å²) in [7, 11) is 1.23. The predicted molar refractivity (Wildman–Crippen MR) is 171 cm³/mol. The van der Waals surface area contributed by atoms with E-state index in [9.17, 15) is 24.0 Å². The van der Waals surface area contributed by atoms with E-state index in [1.165, 1.54) is 7.11 Å². The third-order valence-electron chi connectivity index (χ3n) is 7.97. The average molecular weight is 641 g/mol. The predicted octanol–water partition coefficient (Wildman–Crippen LogP) is 4.28. The molecule has 0 aromatic heterocycles. The summed E-state index contributed by atoms with van der Waals surface area (Å²) in [5.41, 5.74) is -0.0160. The normalized spacial score (nSPS) is 19.5. The van der Waals surface area contributed by atoms with E-state index in [1.54, 1.807) is 31.7 Å². The molecule has 0 spiro atoms. The zero-order valence-electron chi connectivity index (χ0n) is 27.4. The molecule has 252 valence electrons. The van der Waals surface area contributed by atoms with Crippen LogP contribution in [-0.4, -0.2) is 71.8 Å². The molecule has 3 rings (SSSR count). The van der Waals surface area contributed by atoms with Crippen LogP contribution in [0.4, 0.5) is 9.59 Å². The van der Waals surface area contributed by atoms with Gasteiger partial charge in [0.2, 0.25) is 11.8 Å². The lowest BCUT2D eigenvalue weighted by Crippen LogP contribution is -2.57. The molecule has 1 fully saturated rings. The Morgan fingerprint density at radius 2 is 1.63 bits per heavy atom. The molecule has 12 nitrogen and oxygen atoms in total. The number of nitrogens with one attached hydrogen (secondary N) is 3. The summed E-state index contributed by atoms with van der Waals surface area (Å²) in [6.07, 6.45) is 5.71.